The van der Waals surface area contributed by atoms with E-state index in [1.54, 1.807) is 6.07 Å². The highest BCUT2D eigenvalue weighted by Gasteiger charge is 2.48. The molecule has 1 aromatic heterocycles. The minimum atomic E-state index is -0.412. The molecule has 0 spiro atoms. The predicted molar refractivity (Wildman–Crippen MR) is 73.8 cm³/mol. The number of halogens is 3. The first-order valence-electron chi connectivity index (χ1n) is 5.82. The molecule has 0 aromatic carbocycles. The lowest BCUT2D eigenvalue weighted by atomic mass is 9.82. The third-order valence-electron chi connectivity index (χ3n) is 3.66. The van der Waals surface area contributed by atoms with Crippen LogP contribution in [0.1, 0.15) is 0 Å². The zero-order chi connectivity index (χ0) is 11.7. The van der Waals surface area contributed by atoms with Crippen molar-refractivity contribution < 1.29 is 13.9 Å². The maximum absolute atomic E-state index is 13.4. The van der Waals surface area contributed by atoms with Crippen molar-refractivity contribution in [3.05, 3.63) is 24.1 Å². The molecule has 0 saturated carbocycles. The minimum Gasteiger partial charge on any atom is -0.475 e. The van der Waals surface area contributed by atoms with Gasteiger partial charge >= 0.3 is 0 Å². The van der Waals surface area contributed by atoms with Crippen LogP contribution >= 0.6 is 24.8 Å². The quantitative estimate of drug-likeness (QED) is 0.922. The fourth-order valence-electron chi connectivity index (χ4n) is 2.57. The van der Waals surface area contributed by atoms with Gasteiger partial charge in [0.05, 0.1) is 19.8 Å². The fraction of sp³-hybridized carbons (Fsp3) is 0.583. The van der Waals surface area contributed by atoms with Crippen LogP contribution in [0, 0.1) is 17.2 Å². The largest absolute Gasteiger partial charge is 0.475 e. The molecule has 2 saturated heterocycles. The molecule has 0 aliphatic carbocycles. The SMILES string of the molecule is Cl.Cl.Fc1cccnc1OC[C@@]12CNC[C@@H]1COC2. The summed E-state index contributed by atoms with van der Waals surface area (Å²) in [4.78, 5) is 3.89. The number of aromatic nitrogens is 1. The van der Waals surface area contributed by atoms with Crippen LogP contribution in [0.2, 0.25) is 0 Å². The topological polar surface area (TPSA) is 43.4 Å². The molecule has 2 aliphatic rings. The normalized spacial score (nSPS) is 28.2. The van der Waals surface area contributed by atoms with Gasteiger partial charge in [0.1, 0.15) is 0 Å². The maximum atomic E-state index is 13.4. The minimum absolute atomic E-state index is 0. The second kappa shape index (κ2) is 6.70. The molecule has 2 fully saturated rings. The zero-order valence-electron chi connectivity index (χ0n) is 10.3. The first-order valence-corrected chi connectivity index (χ1v) is 5.82. The van der Waals surface area contributed by atoms with Gasteiger partial charge in [-0.3, -0.25) is 0 Å². The van der Waals surface area contributed by atoms with E-state index in [-0.39, 0.29) is 36.1 Å². The summed E-state index contributed by atoms with van der Waals surface area (Å²) in [6, 6.07) is 2.91. The summed E-state index contributed by atoms with van der Waals surface area (Å²) in [7, 11) is 0. The number of pyridine rings is 1. The molecule has 3 rings (SSSR count). The summed E-state index contributed by atoms with van der Waals surface area (Å²) in [5, 5.41) is 3.34. The monoisotopic (exact) mass is 310 g/mol. The molecule has 1 aromatic rings. The van der Waals surface area contributed by atoms with Crippen molar-refractivity contribution >= 4 is 24.8 Å². The second-order valence-electron chi connectivity index (χ2n) is 4.78. The van der Waals surface area contributed by atoms with Crippen LogP contribution in [0.5, 0.6) is 5.88 Å². The highest BCUT2D eigenvalue weighted by atomic mass is 35.5. The lowest BCUT2D eigenvalue weighted by Gasteiger charge is -2.25. The van der Waals surface area contributed by atoms with Crippen LogP contribution in [0.4, 0.5) is 4.39 Å². The molecule has 0 bridgehead atoms. The molecule has 2 aliphatic heterocycles. The number of rotatable bonds is 3. The molecule has 2 atom stereocenters. The Morgan fingerprint density at radius 1 is 1.53 bits per heavy atom. The van der Waals surface area contributed by atoms with Gasteiger partial charge in [-0.05, 0) is 12.1 Å². The van der Waals surface area contributed by atoms with E-state index in [2.05, 4.69) is 10.3 Å². The fourth-order valence-corrected chi connectivity index (χ4v) is 2.57. The lowest BCUT2D eigenvalue weighted by molar-refractivity contribution is 0.104. The van der Waals surface area contributed by atoms with Gasteiger partial charge in [0.25, 0.3) is 0 Å². The third-order valence-corrected chi connectivity index (χ3v) is 3.66. The van der Waals surface area contributed by atoms with E-state index in [1.807, 2.05) is 0 Å². The number of nitrogens with one attached hydrogen (secondary N) is 1. The average Bonchev–Trinajstić information content (AvgIpc) is 2.87. The van der Waals surface area contributed by atoms with Gasteiger partial charge in [-0.15, -0.1) is 24.8 Å². The Balaban J connectivity index is 0.000000902. The molecule has 4 nitrogen and oxygen atoms in total. The van der Waals surface area contributed by atoms with Crippen LogP contribution < -0.4 is 10.1 Å². The van der Waals surface area contributed by atoms with Crippen molar-refractivity contribution in [2.45, 2.75) is 0 Å². The Labute approximate surface area is 123 Å². The zero-order valence-corrected chi connectivity index (χ0v) is 11.9. The van der Waals surface area contributed by atoms with Crippen molar-refractivity contribution in [3.8, 4) is 5.88 Å². The summed E-state index contributed by atoms with van der Waals surface area (Å²) in [6.07, 6.45) is 1.53. The number of hydrogen-bond donors (Lipinski definition) is 1. The Bertz CT molecular complexity index is 412. The van der Waals surface area contributed by atoms with Gasteiger partial charge in [-0.25, -0.2) is 9.37 Å². The van der Waals surface area contributed by atoms with Gasteiger partial charge in [0.15, 0.2) is 5.82 Å². The van der Waals surface area contributed by atoms with E-state index in [4.69, 9.17) is 9.47 Å². The Morgan fingerprint density at radius 3 is 3.16 bits per heavy atom. The van der Waals surface area contributed by atoms with Crippen molar-refractivity contribution in [2.24, 2.45) is 11.3 Å². The molecule has 7 heteroatoms. The smallest absolute Gasteiger partial charge is 0.250 e. The number of hydrogen-bond acceptors (Lipinski definition) is 4. The summed E-state index contributed by atoms with van der Waals surface area (Å²) in [6.45, 7) is 3.72. The molecule has 0 radical (unpaired) electrons. The summed E-state index contributed by atoms with van der Waals surface area (Å²) in [5.74, 6) is 0.138. The molecule has 3 heterocycles. The van der Waals surface area contributed by atoms with Crippen LogP contribution in [-0.4, -0.2) is 37.9 Å². The molecular weight excluding hydrogens is 294 g/mol. The van der Waals surface area contributed by atoms with Crippen LogP contribution in [0.15, 0.2) is 18.3 Å². The highest BCUT2D eigenvalue weighted by molar-refractivity contribution is 5.85. The molecule has 0 unspecified atom stereocenters. The van der Waals surface area contributed by atoms with Crippen molar-refractivity contribution in [1.82, 2.24) is 10.3 Å². The van der Waals surface area contributed by atoms with Gasteiger partial charge < -0.3 is 14.8 Å². The summed E-state index contributed by atoms with van der Waals surface area (Å²) < 4.78 is 24.4. The number of nitrogens with zero attached hydrogens (tertiary/aromatic N) is 1. The Morgan fingerprint density at radius 2 is 2.37 bits per heavy atom. The molecule has 19 heavy (non-hydrogen) atoms. The average molecular weight is 311 g/mol. The van der Waals surface area contributed by atoms with E-state index >= 15 is 0 Å². The molecule has 0 amide bonds. The van der Waals surface area contributed by atoms with Gasteiger partial charge in [0.2, 0.25) is 5.88 Å². The molecular formula is C12H17Cl2FN2O2. The number of ether oxygens (including phenoxy) is 2. The highest BCUT2D eigenvalue weighted by Crippen LogP contribution is 2.37. The summed E-state index contributed by atoms with van der Waals surface area (Å²) in [5.41, 5.74) is -0.00996. The van der Waals surface area contributed by atoms with Crippen LogP contribution in [0.3, 0.4) is 0 Å². The van der Waals surface area contributed by atoms with Crippen molar-refractivity contribution in [3.63, 3.8) is 0 Å². The Hall–Kier alpha value is -0.620. The molecule has 108 valence electrons. The second-order valence-corrected chi connectivity index (χ2v) is 4.78. The third kappa shape index (κ3) is 3.11. The first-order chi connectivity index (χ1) is 8.30. The number of fused-ring (bicyclic) bond motifs is 1. The van der Waals surface area contributed by atoms with Crippen molar-refractivity contribution in [2.75, 3.05) is 32.9 Å². The van der Waals surface area contributed by atoms with E-state index < -0.39 is 5.82 Å². The first kappa shape index (κ1) is 16.4. The summed E-state index contributed by atoms with van der Waals surface area (Å²) >= 11 is 0. The van der Waals surface area contributed by atoms with Crippen molar-refractivity contribution in [1.29, 1.82) is 0 Å². The van der Waals surface area contributed by atoms with E-state index in [1.165, 1.54) is 12.3 Å². The molecule has 1 N–H and O–H groups in total. The van der Waals surface area contributed by atoms with Crippen LogP contribution in [-0.2, 0) is 4.74 Å². The van der Waals surface area contributed by atoms with Crippen LogP contribution in [0.25, 0.3) is 0 Å². The van der Waals surface area contributed by atoms with E-state index in [0.717, 1.165) is 19.7 Å². The standard InChI is InChI=1S/C12H15FN2O2.2ClH/c13-10-2-1-3-15-11(10)17-8-12-6-14-4-9(12)5-16-7-12;;/h1-3,9,14H,4-8H2;2*1H/t9-,12+;;/m1../s1. The van der Waals surface area contributed by atoms with Gasteiger partial charge in [-0.1, -0.05) is 0 Å². The maximum Gasteiger partial charge on any atom is 0.250 e. The Kier molecular flexibility index (Phi) is 5.80. The van der Waals surface area contributed by atoms with E-state index in [0.29, 0.717) is 19.1 Å². The van der Waals surface area contributed by atoms with E-state index in [9.17, 15) is 4.39 Å². The van der Waals surface area contributed by atoms with Gasteiger partial charge in [0, 0.05) is 30.6 Å². The predicted octanol–water partition coefficient (Wildman–Crippen LogP) is 1.68. The van der Waals surface area contributed by atoms with Gasteiger partial charge in [-0.2, -0.15) is 0 Å². The lowest BCUT2D eigenvalue weighted by Crippen LogP contribution is -2.36.